The Morgan fingerprint density at radius 2 is 2.12 bits per heavy atom. The van der Waals surface area contributed by atoms with Crippen molar-refractivity contribution in [3.63, 3.8) is 0 Å². The normalized spacial score (nSPS) is 36.8. The molecule has 3 nitrogen and oxygen atoms in total. The van der Waals surface area contributed by atoms with Gasteiger partial charge in [0.15, 0.2) is 0 Å². The second kappa shape index (κ2) is 5.49. The van der Waals surface area contributed by atoms with Gasteiger partial charge in [0.1, 0.15) is 5.78 Å². The number of Topliss-reactive ketones (excluding diaryl/α,β-unsaturated/α-hetero) is 1. The lowest BCUT2D eigenvalue weighted by atomic mass is 9.87. The monoisotopic (exact) mass is 239 g/mol. The van der Waals surface area contributed by atoms with Gasteiger partial charge in [0.25, 0.3) is 0 Å². The minimum absolute atomic E-state index is 0.270. The molecular formula is C14H25NO2. The van der Waals surface area contributed by atoms with Crippen LogP contribution in [-0.4, -0.2) is 41.0 Å². The van der Waals surface area contributed by atoms with E-state index < -0.39 is 5.60 Å². The van der Waals surface area contributed by atoms with E-state index >= 15 is 0 Å². The minimum atomic E-state index is -0.495. The van der Waals surface area contributed by atoms with Crippen molar-refractivity contribution in [3.8, 4) is 0 Å². The third-order valence-electron chi connectivity index (χ3n) is 4.32. The van der Waals surface area contributed by atoms with E-state index in [0.29, 0.717) is 5.78 Å². The first-order chi connectivity index (χ1) is 8.07. The van der Waals surface area contributed by atoms with Crippen LogP contribution < -0.4 is 0 Å². The summed E-state index contributed by atoms with van der Waals surface area (Å²) in [6.45, 7) is 4.84. The van der Waals surface area contributed by atoms with E-state index in [0.717, 1.165) is 58.2 Å². The summed E-state index contributed by atoms with van der Waals surface area (Å²) in [4.78, 5) is 14.2. The second-order valence-corrected chi connectivity index (χ2v) is 6.06. The first kappa shape index (κ1) is 13.0. The Balaban J connectivity index is 1.84. The minimum Gasteiger partial charge on any atom is -0.390 e. The molecular weight excluding hydrogens is 214 g/mol. The van der Waals surface area contributed by atoms with Crippen LogP contribution in [0.3, 0.4) is 0 Å². The Bertz CT molecular complexity index is 275. The molecule has 2 rings (SSSR count). The van der Waals surface area contributed by atoms with Gasteiger partial charge < -0.3 is 10.0 Å². The maximum Gasteiger partial charge on any atom is 0.137 e. The highest BCUT2D eigenvalue weighted by Gasteiger charge is 2.28. The highest BCUT2D eigenvalue weighted by molar-refractivity contribution is 5.81. The zero-order chi connectivity index (χ0) is 12.3. The van der Waals surface area contributed by atoms with Crippen molar-refractivity contribution in [2.24, 2.45) is 5.92 Å². The molecule has 1 saturated carbocycles. The van der Waals surface area contributed by atoms with Crippen molar-refractivity contribution in [2.75, 3.05) is 19.6 Å². The summed E-state index contributed by atoms with van der Waals surface area (Å²) < 4.78 is 0. The van der Waals surface area contributed by atoms with Crippen LogP contribution in [0.4, 0.5) is 0 Å². The van der Waals surface area contributed by atoms with E-state index in [-0.39, 0.29) is 5.92 Å². The van der Waals surface area contributed by atoms with Crippen molar-refractivity contribution in [1.82, 2.24) is 4.90 Å². The van der Waals surface area contributed by atoms with Crippen LogP contribution in [0.25, 0.3) is 0 Å². The fraction of sp³-hybridized carbons (Fsp3) is 0.929. The van der Waals surface area contributed by atoms with Crippen molar-refractivity contribution in [1.29, 1.82) is 0 Å². The van der Waals surface area contributed by atoms with Gasteiger partial charge >= 0.3 is 0 Å². The molecule has 1 saturated heterocycles. The third kappa shape index (κ3) is 3.78. The molecule has 2 atom stereocenters. The average Bonchev–Trinajstić information content (AvgIpc) is 2.44. The van der Waals surface area contributed by atoms with E-state index in [1.807, 2.05) is 6.92 Å². The summed E-state index contributed by atoms with van der Waals surface area (Å²) in [6, 6.07) is 0. The quantitative estimate of drug-likeness (QED) is 0.801. The number of ketones is 1. The zero-order valence-electron chi connectivity index (χ0n) is 11.0. The average molecular weight is 239 g/mol. The summed E-state index contributed by atoms with van der Waals surface area (Å²) in [5.74, 6) is 0.735. The molecule has 1 N–H and O–H groups in total. The van der Waals surface area contributed by atoms with Crippen LogP contribution in [0.15, 0.2) is 0 Å². The van der Waals surface area contributed by atoms with Gasteiger partial charge in [-0.05, 0) is 45.6 Å². The maximum absolute atomic E-state index is 11.8. The van der Waals surface area contributed by atoms with Gasteiger partial charge in [-0.3, -0.25) is 4.79 Å². The molecule has 0 aromatic heterocycles. The lowest BCUT2D eigenvalue weighted by Gasteiger charge is -2.28. The van der Waals surface area contributed by atoms with Crippen molar-refractivity contribution < 1.29 is 9.90 Å². The number of aliphatic hydroxyl groups is 1. The molecule has 0 spiro atoms. The van der Waals surface area contributed by atoms with Crippen LogP contribution >= 0.6 is 0 Å². The molecule has 0 amide bonds. The maximum atomic E-state index is 11.8. The molecule has 0 bridgehead atoms. The van der Waals surface area contributed by atoms with Gasteiger partial charge in [-0.2, -0.15) is 0 Å². The lowest BCUT2D eigenvalue weighted by Crippen LogP contribution is -2.36. The summed E-state index contributed by atoms with van der Waals surface area (Å²) in [5.41, 5.74) is -0.495. The van der Waals surface area contributed by atoms with Crippen LogP contribution in [-0.2, 0) is 4.79 Å². The topological polar surface area (TPSA) is 40.5 Å². The summed E-state index contributed by atoms with van der Waals surface area (Å²) in [5, 5.41) is 10.0. The molecule has 1 aliphatic heterocycles. The molecule has 2 aliphatic rings. The van der Waals surface area contributed by atoms with E-state index in [4.69, 9.17) is 0 Å². The SMILES string of the molecule is CC1(O)CCCN(CC2CCCCC2=O)CC1. The van der Waals surface area contributed by atoms with Crippen molar-refractivity contribution >= 4 is 5.78 Å². The molecule has 2 fully saturated rings. The Labute approximate surface area is 104 Å². The summed E-state index contributed by atoms with van der Waals surface area (Å²) in [6.07, 6.45) is 6.94. The van der Waals surface area contributed by atoms with Crippen LogP contribution in [0, 0.1) is 5.92 Å². The number of likely N-dealkylation sites (tertiary alicyclic amines) is 1. The molecule has 1 heterocycles. The first-order valence-corrected chi connectivity index (χ1v) is 7.04. The zero-order valence-corrected chi connectivity index (χ0v) is 11.0. The number of carbonyl (C=O) groups is 1. The summed E-state index contributed by atoms with van der Waals surface area (Å²) >= 11 is 0. The smallest absolute Gasteiger partial charge is 0.137 e. The van der Waals surface area contributed by atoms with Gasteiger partial charge in [-0.25, -0.2) is 0 Å². The van der Waals surface area contributed by atoms with Crippen LogP contribution in [0.1, 0.15) is 51.9 Å². The Kier molecular flexibility index (Phi) is 4.21. The Morgan fingerprint density at radius 1 is 1.29 bits per heavy atom. The van der Waals surface area contributed by atoms with E-state index in [1.54, 1.807) is 0 Å². The van der Waals surface area contributed by atoms with Gasteiger partial charge in [0.05, 0.1) is 5.60 Å². The standard InChI is InChI=1S/C14H25NO2/c1-14(17)7-4-9-15(10-8-14)11-12-5-2-3-6-13(12)16/h12,17H,2-11H2,1H3. The predicted octanol–water partition coefficient (Wildman–Crippen LogP) is 1.98. The molecule has 2 unspecified atom stereocenters. The number of hydrogen-bond donors (Lipinski definition) is 1. The van der Waals surface area contributed by atoms with E-state index in [1.165, 1.54) is 6.42 Å². The van der Waals surface area contributed by atoms with E-state index in [9.17, 15) is 9.90 Å². The van der Waals surface area contributed by atoms with Crippen LogP contribution in [0.5, 0.6) is 0 Å². The lowest BCUT2D eigenvalue weighted by molar-refractivity contribution is -0.125. The molecule has 17 heavy (non-hydrogen) atoms. The fourth-order valence-electron chi connectivity index (χ4n) is 3.06. The highest BCUT2D eigenvalue weighted by atomic mass is 16.3. The Hall–Kier alpha value is -0.410. The number of rotatable bonds is 2. The first-order valence-electron chi connectivity index (χ1n) is 7.04. The predicted molar refractivity (Wildman–Crippen MR) is 67.9 cm³/mol. The molecule has 1 aliphatic carbocycles. The molecule has 3 heteroatoms. The molecule has 0 radical (unpaired) electrons. The van der Waals surface area contributed by atoms with Crippen molar-refractivity contribution in [2.45, 2.75) is 57.5 Å². The van der Waals surface area contributed by atoms with E-state index in [2.05, 4.69) is 4.90 Å². The second-order valence-electron chi connectivity index (χ2n) is 6.06. The van der Waals surface area contributed by atoms with Gasteiger partial charge in [-0.15, -0.1) is 0 Å². The third-order valence-corrected chi connectivity index (χ3v) is 4.32. The van der Waals surface area contributed by atoms with Gasteiger partial charge in [-0.1, -0.05) is 6.42 Å². The largest absolute Gasteiger partial charge is 0.390 e. The molecule has 0 aromatic rings. The highest BCUT2D eigenvalue weighted by Crippen LogP contribution is 2.25. The number of hydrogen-bond acceptors (Lipinski definition) is 3. The van der Waals surface area contributed by atoms with Crippen molar-refractivity contribution in [3.05, 3.63) is 0 Å². The molecule has 0 aromatic carbocycles. The van der Waals surface area contributed by atoms with Gasteiger partial charge in [0.2, 0.25) is 0 Å². The Morgan fingerprint density at radius 3 is 2.88 bits per heavy atom. The number of nitrogens with zero attached hydrogens (tertiary/aromatic N) is 1. The fourth-order valence-corrected chi connectivity index (χ4v) is 3.06. The summed E-state index contributed by atoms with van der Waals surface area (Å²) in [7, 11) is 0. The number of carbonyl (C=O) groups excluding carboxylic acids is 1. The van der Waals surface area contributed by atoms with Crippen LogP contribution in [0.2, 0.25) is 0 Å². The molecule has 98 valence electrons. The van der Waals surface area contributed by atoms with Gasteiger partial charge in [0, 0.05) is 25.4 Å².